The molecule has 0 bridgehead atoms. The number of amides is 2. The van der Waals surface area contributed by atoms with Crippen LogP contribution in [0.1, 0.15) is 20.7 Å². The van der Waals surface area contributed by atoms with Crippen molar-refractivity contribution in [2.75, 3.05) is 11.9 Å². The van der Waals surface area contributed by atoms with E-state index in [1.54, 1.807) is 12.1 Å². The fraction of sp³-hybridized carbons (Fsp3) is 0.300. The maximum atomic E-state index is 12.3. The Kier molecular flexibility index (Phi) is 6.65. The van der Waals surface area contributed by atoms with E-state index in [1.807, 2.05) is 0 Å². The summed E-state index contributed by atoms with van der Waals surface area (Å²) >= 11 is 0. The molecule has 3 rings (SSSR count). The van der Waals surface area contributed by atoms with Crippen molar-refractivity contribution in [3.63, 3.8) is 0 Å². The summed E-state index contributed by atoms with van der Waals surface area (Å²) in [5.41, 5.74) is 6.12. The van der Waals surface area contributed by atoms with E-state index in [-0.39, 0.29) is 16.9 Å². The van der Waals surface area contributed by atoms with Gasteiger partial charge in [0, 0.05) is 16.8 Å². The van der Waals surface area contributed by atoms with Crippen LogP contribution in [0.2, 0.25) is 0 Å². The minimum atomic E-state index is -1.55. The molecule has 2 aromatic carbocycles. The van der Waals surface area contributed by atoms with E-state index in [0.717, 1.165) is 0 Å². The van der Waals surface area contributed by atoms with Gasteiger partial charge in [0.1, 0.15) is 30.2 Å². The number of nitrogens with one attached hydrogen (secondary N) is 1. The number of nitrogens with two attached hydrogens (primary N) is 1. The van der Waals surface area contributed by atoms with Crippen molar-refractivity contribution in [1.29, 1.82) is 0 Å². The Hall–Kier alpha value is -3.02. The van der Waals surface area contributed by atoms with Crippen molar-refractivity contribution in [3.8, 4) is 5.75 Å². The van der Waals surface area contributed by atoms with Crippen molar-refractivity contribution < 1.29 is 39.5 Å². The van der Waals surface area contributed by atoms with Gasteiger partial charge in [0.2, 0.25) is 12.2 Å². The van der Waals surface area contributed by atoms with Crippen molar-refractivity contribution in [2.24, 2.45) is 5.73 Å². The SMILES string of the molecule is NC(=O)c1cccc(C(=O)Nc2ccc(OC3OC(CO)C(O)C(O)C3O)cc2)c1. The third kappa shape index (κ3) is 4.75. The van der Waals surface area contributed by atoms with Gasteiger partial charge in [0.05, 0.1) is 6.61 Å². The van der Waals surface area contributed by atoms with Crippen LogP contribution in [-0.2, 0) is 4.74 Å². The lowest BCUT2D eigenvalue weighted by molar-refractivity contribution is -0.277. The highest BCUT2D eigenvalue weighted by atomic mass is 16.7. The highest BCUT2D eigenvalue weighted by Gasteiger charge is 2.44. The van der Waals surface area contributed by atoms with Crippen LogP contribution in [0, 0.1) is 0 Å². The molecule has 0 aromatic heterocycles. The van der Waals surface area contributed by atoms with E-state index in [2.05, 4.69) is 5.32 Å². The first-order valence-corrected chi connectivity index (χ1v) is 9.08. The molecular weight excluding hydrogens is 396 g/mol. The molecule has 160 valence electrons. The standard InChI is InChI=1S/C20H22N2O8/c21-18(27)10-2-1-3-11(8-10)19(28)22-12-4-6-13(7-5-12)29-20-17(26)16(25)15(24)14(9-23)30-20/h1-8,14-17,20,23-26H,9H2,(H2,21,27)(H,22,28). The number of aliphatic hydroxyl groups excluding tert-OH is 4. The third-order valence-electron chi connectivity index (χ3n) is 4.62. The van der Waals surface area contributed by atoms with Crippen LogP contribution >= 0.6 is 0 Å². The molecule has 1 saturated heterocycles. The van der Waals surface area contributed by atoms with Gasteiger partial charge in [0.25, 0.3) is 5.91 Å². The molecule has 1 fully saturated rings. The molecule has 0 aliphatic carbocycles. The van der Waals surface area contributed by atoms with Crippen LogP contribution in [0.25, 0.3) is 0 Å². The van der Waals surface area contributed by atoms with E-state index >= 15 is 0 Å². The van der Waals surface area contributed by atoms with Crippen molar-refractivity contribution in [1.82, 2.24) is 0 Å². The number of primary amides is 1. The van der Waals surface area contributed by atoms with Crippen molar-refractivity contribution >= 4 is 17.5 Å². The van der Waals surface area contributed by atoms with E-state index < -0.39 is 49.1 Å². The van der Waals surface area contributed by atoms with Crippen LogP contribution in [0.4, 0.5) is 5.69 Å². The lowest BCUT2D eigenvalue weighted by atomic mass is 9.99. The second kappa shape index (κ2) is 9.20. The van der Waals surface area contributed by atoms with Crippen molar-refractivity contribution in [3.05, 3.63) is 59.7 Å². The first kappa shape index (κ1) is 21.7. The Morgan fingerprint density at radius 1 is 1.00 bits per heavy atom. The molecule has 0 spiro atoms. The van der Waals surface area contributed by atoms with Gasteiger partial charge in [-0.2, -0.15) is 0 Å². The maximum Gasteiger partial charge on any atom is 0.255 e. The van der Waals surface area contributed by atoms with Gasteiger partial charge in [-0.05, 0) is 42.5 Å². The summed E-state index contributed by atoms with van der Waals surface area (Å²) in [5.74, 6) is -0.826. The van der Waals surface area contributed by atoms with E-state index in [4.69, 9.17) is 15.2 Å². The first-order chi connectivity index (χ1) is 14.3. The molecule has 0 saturated carbocycles. The zero-order chi connectivity index (χ0) is 21.8. The lowest BCUT2D eigenvalue weighted by Crippen LogP contribution is -2.60. The van der Waals surface area contributed by atoms with Crippen LogP contribution < -0.4 is 15.8 Å². The number of anilines is 1. The average molecular weight is 418 g/mol. The summed E-state index contributed by atoms with van der Waals surface area (Å²) in [6.45, 7) is -0.563. The molecule has 30 heavy (non-hydrogen) atoms. The molecule has 10 nitrogen and oxygen atoms in total. The van der Waals surface area contributed by atoms with Crippen LogP contribution in [0.5, 0.6) is 5.75 Å². The van der Waals surface area contributed by atoms with Gasteiger partial charge < -0.3 is 41.0 Å². The fourth-order valence-electron chi connectivity index (χ4n) is 2.93. The summed E-state index contributed by atoms with van der Waals surface area (Å²) in [4.78, 5) is 23.6. The van der Waals surface area contributed by atoms with E-state index in [1.165, 1.54) is 36.4 Å². The Bertz CT molecular complexity index is 902. The summed E-state index contributed by atoms with van der Waals surface area (Å²) in [6, 6.07) is 12.0. The summed E-state index contributed by atoms with van der Waals surface area (Å²) in [6.07, 6.45) is -6.94. The zero-order valence-corrected chi connectivity index (χ0v) is 15.7. The van der Waals surface area contributed by atoms with Gasteiger partial charge >= 0.3 is 0 Å². The Morgan fingerprint density at radius 3 is 2.30 bits per heavy atom. The third-order valence-corrected chi connectivity index (χ3v) is 4.62. The Balaban J connectivity index is 1.64. The summed E-state index contributed by atoms with van der Waals surface area (Å²) < 4.78 is 10.8. The number of carbonyl (C=O) groups is 2. The minimum Gasteiger partial charge on any atom is -0.462 e. The number of aliphatic hydroxyl groups is 4. The molecule has 2 amide bonds. The average Bonchev–Trinajstić information content (AvgIpc) is 2.75. The quantitative estimate of drug-likeness (QED) is 0.354. The lowest BCUT2D eigenvalue weighted by Gasteiger charge is -2.39. The molecule has 1 aliphatic rings. The molecule has 7 N–H and O–H groups in total. The van der Waals surface area contributed by atoms with Gasteiger partial charge in [-0.25, -0.2) is 0 Å². The molecule has 5 unspecified atom stereocenters. The van der Waals surface area contributed by atoms with Crippen LogP contribution in [-0.4, -0.2) is 69.6 Å². The predicted octanol–water partition coefficient (Wildman–Crippen LogP) is -0.784. The smallest absolute Gasteiger partial charge is 0.255 e. The first-order valence-electron chi connectivity index (χ1n) is 9.08. The highest BCUT2D eigenvalue weighted by Crippen LogP contribution is 2.25. The molecule has 10 heteroatoms. The van der Waals surface area contributed by atoms with Gasteiger partial charge in [-0.1, -0.05) is 6.07 Å². The molecule has 1 heterocycles. The van der Waals surface area contributed by atoms with Crippen molar-refractivity contribution in [2.45, 2.75) is 30.7 Å². The Morgan fingerprint density at radius 2 is 1.67 bits per heavy atom. The zero-order valence-electron chi connectivity index (χ0n) is 15.7. The molecule has 1 aliphatic heterocycles. The number of benzene rings is 2. The van der Waals surface area contributed by atoms with Gasteiger partial charge in [-0.3, -0.25) is 9.59 Å². The fourth-order valence-corrected chi connectivity index (χ4v) is 2.93. The number of ether oxygens (including phenoxy) is 2. The minimum absolute atomic E-state index is 0.214. The monoisotopic (exact) mass is 418 g/mol. The number of hydrogen-bond donors (Lipinski definition) is 6. The largest absolute Gasteiger partial charge is 0.462 e. The highest BCUT2D eigenvalue weighted by molar-refractivity contribution is 6.06. The van der Waals surface area contributed by atoms with Gasteiger partial charge in [0.15, 0.2) is 0 Å². The summed E-state index contributed by atoms with van der Waals surface area (Å²) in [5, 5.41) is 41.5. The van der Waals surface area contributed by atoms with Crippen LogP contribution in [0.15, 0.2) is 48.5 Å². The van der Waals surface area contributed by atoms with Gasteiger partial charge in [-0.15, -0.1) is 0 Å². The molecule has 0 radical (unpaired) electrons. The molecular formula is C20H22N2O8. The normalized spacial score (nSPS) is 26.1. The number of rotatable bonds is 6. The molecule has 5 atom stereocenters. The number of hydrogen-bond acceptors (Lipinski definition) is 8. The predicted molar refractivity (Wildman–Crippen MR) is 104 cm³/mol. The summed E-state index contributed by atoms with van der Waals surface area (Å²) in [7, 11) is 0. The number of carbonyl (C=O) groups excluding carboxylic acids is 2. The second-order valence-corrected chi connectivity index (χ2v) is 6.74. The van der Waals surface area contributed by atoms with Crippen LogP contribution in [0.3, 0.4) is 0 Å². The van der Waals surface area contributed by atoms with E-state index in [0.29, 0.717) is 5.69 Å². The second-order valence-electron chi connectivity index (χ2n) is 6.74. The maximum absolute atomic E-state index is 12.3. The van der Waals surface area contributed by atoms with E-state index in [9.17, 15) is 30.0 Å². The topological polar surface area (TPSA) is 172 Å². The molecule has 2 aromatic rings. The Labute approximate surface area is 171 Å².